The van der Waals surface area contributed by atoms with Crippen LogP contribution in [0.4, 0.5) is 0 Å². The fourth-order valence-electron chi connectivity index (χ4n) is 1.07. The zero-order valence-electron chi connectivity index (χ0n) is 7.99. The van der Waals surface area contributed by atoms with E-state index in [9.17, 15) is 4.79 Å². The molecule has 0 atom stereocenters. The summed E-state index contributed by atoms with van der Waals surface area (Å²) in [7, 11) is 0. The summed E-state index contributed by atoms with van der Waals surface area (Å²) in [4.78, 5) is 11.2. The first kappa shape index (κ1) is 10.3. The molecule has 0 aliphatic carbocycles. The Hall–Kier alpha value is -1.75. The van der Waals surface area contributed by atoms with E-state index >= 15 is 0 Å². The molecular weight excluding hydrogens is 174 g/mol. The summed E-state index contributed by atoms with van der Waals surface area (Å²) >= 11 is 0. The molecule has 0 aromatic heterocycles. The predicted molar refractivity (Wildman–Crippen MR) is 56.4 cm³/mol. The molecule has 0 aliphatic rings. The van der Waals surface area contributed by atoms with Crippen LogP contribution in [0.5, 0.6) is 0 Å². The van der Waals surface area contributed by atoms with E-state index in [2.05, 4.69) is 11.2 Å². The predicted octanol–water partition coefficient (Wildman–Crippen LogP) is 1.72. The van der Waals surface area contributed by atoms with E-state index in [1.54, 1.807) is 0 Å². The number of carbonyl (C=O) groups excluding carboxylic acids is 1. The summed E-state index contributed by atoms with van der Waals surface area (Å²) in [6.07, 6.45) is 5.96. The van der Waals surface area contributed by atoms with Crippen molar-refractivity contribution in [3.05, 3.63) is 35.9 Å². The Kier molecular flexibility index (Phi) is 4.30. The number of carbonyl (C=O) groups is 1. The third kappa shape index (κ3) is 3.77. The molecule has 0 bridgehead atoms. The third-order valence-corrected chi connectivity index (χ3v) is 1.83. The molecule has 0 aliphatic heterocycles. The van der Waals surface area contributed by atoms with Gasteiger partial charge in [0.2, 0.25) is 5.91 Å². The Morgan fingerprint density at radius 1 is 1.36 bits per heavy atom. The molecule has 0 saturated heterocycles. The molecule has 0 spiro atoms. The maximum atomic E-state index is 11.2. The van der Waals surface area contributed by atoms with Crippen molar-refractivity contribution in [2.75, 3.05) is 0 Å². The van der Waals surface area contributed by atoms with Crippen molar-refractivity contribution in [3.8, 4) is 12.3 Å². The molecule has 72 valence electrons. The molecule has 0 saturated carbocycles. The fourth-order valence-corrected chi connectivity index (χ4v) is 1.07. The first-order valence-electron chi connectivity index (χ1n) is 4.57. The highest BCUT2D eigenvalue weighted by atomic mass is 16.1. The Morgan fingerprint density at radius 2 is 2.07 bits per heavy atom. The largest absolute Gasteiger partial charge is 0.352 e. The van der Waals surface area contributed by atoms with Crippen LogP contribution in [-0.4, -0.2) is 5.91 Å². The van der Waals surface area contributed by atoms with Crippen molar-refractivity contribution in [3.63, 3.8) is 0 Å². The first-order valence-corrected chi connectivity index (χ1v) is 4.57. The number of benzene rings is 1. The summed E-state index contributed by atoms with van der Waals surface area (Å²) in [5.74, 6) is 2.44. The molecule has 2 heteroatoms. The van der Waals surface area contributed by atoms with Crippen LogP contribution in [0.15, 0.2) is 30.3 Å². The standard InChI is InChI=1S/C12H13NO/c1-2-3-9-12(14)13-10-11-7-5-4-6-8-11/h1,4-8H,3,9-10H2,(H,13,14). The Bertz CT molecular complexity index is 324. The Balaban J connectivity index is 2.28. The summed E-state index contributed by atoms with van der Waals surface area (Å²) < 4.78 is 0. The minimum absolute atomic E-state index is 0.00630. The van der Waals surface area contributed by atoms with Crippen LogP contribution in [-0.2, 0) is 11.3 Å². The molecule has 0 heterocycles. The highest BCUT2D eigenvalue weighted by molar-refractivity contribution is 5.76. The van der Waals surface area contributed by atoms with E-state index in [0.29, 0.717) is 19.4 Å². The van der Waals surface area contributed by atoms with Gasteiger partial charge in [0.05, 0.1) is 0 Å². The van der Waals surface area contributed by atoms with Crippen LogP contribution in [0, 0.1) is 12.3 Å². The smallest absolute Gasteiger partial charge is 0.221 e. The zero-order valence-corrected chi connectivity index (χ0v) is 7.99. The fraction of sp³-hybridized carbons (Fsp3) is 0.250. The number of hydrogen-bond acceptors (Lipinski definition) is 1. The Labute approximate surface area is 84.3 Å². The maximum Gasteiger partial charge on any atom is 0.221 e. The lowest BCUT2D eigenvalue weighted by molar-refractivity contribution is -0.121. The minimum Gasteiger partial charge on any atom is -0.352 e. The van der Waals surface area contributed by atoms with Crippen molar-refractivity contribution >= 4 is 5.91 Å². The summed E-state index contributed by atoms with van der Waals surface area (Å²) in [5.41, 5.74) is 1.10. The van der Waals surface area contributed by atoms with Gasteiger partial charge < -0.3 is 5.32 Å². The Morgan fingerprint density at radius 3 is 2.71 bits per heavy atom. The van der Waals surface area contributed by atoms with Gasteiger partial charge in [-0.05, 0) is 5.56 Å². The lowest BCUT2D eigenvalue weighted by Gasteiger charge is -2.03. The van der Waals surface area contributed by atoms with Crippen LogP contribution in [0.1, 0.15) is 18.4 Å². The van der Waals surface area contributed by atoms with Crippen LogP contribution < -0.4 is 5.32 Å². The van der Waals surface area contributed by atoms with E-state index in [1.807, 2.05) is 30.3 Å². The van der Waals surface area contributed by atoms with E-state index in [1.165, 1.54) is 0 Å². The molecule has 1 amide bonds. The maximum absolute atomic E-state index is 11.2. The van der Waals surface area contributed by atoms with E-state index in [0.717, 1.165) is 5.56 Å². The molecule has 1 rings (SSSR count). The lowest BCUT2D eigenvalue weighted by atomic mass is 10.2. The molecule has 14 heavy (non-hydrogen) atoms. The van der Waals surface area contributed by atoms with Gasteiger partial charge in [-0.25, -0.2) is 0 Å². The van der Waals surface area contributed by atoms with Crippen LogP contribution in [0.2, 0.25) is 0 Å². The van der Waals surface area contributed by atoms with Gasteiger partial charge >= 0.3 is 0 Å². The molecule has 0 fully saturated rings. The van der Waals surface area contributed by atoms with Gasteiger partial charge in [-0.15, -0.1) is 12.3 Å². The van der Waals surface area contributed by atoms with Gasteiger partial charge in [0.1, 0.15) is 0 Å². The molecule has 2 nitrogen and oxygen atoms in total. The second-order valence-electron chi connectivity index (χ2n) is 2.97. The summed E-state index contributed by atoms with van der Waals surface area (Å²) in [6, 6.07) is 9.79. The van der Waals surface area contributed by atoms with Gasteiger partial charge in [0.25, 0.3) is 0 Å². The van der Waals surface area contributed by atoms with E-state index in [-0.39, 0.29) is 5.91 Å². The van der Waals surface area contributed by atoms with Crippen molar-refractivity contribution < 1.29 is 4.79 Å². The number of rotatable bonds is 4. The monoisotopic (exact) mass is 187 g/mol. The van der Waals surface area contributed by atoms with Gasteiger partial charge in [-0.2, -0.15) is 0 Å². The number of hydrogen-bond donors (Lipinski definition) is 1. The first-order chi connectivity index (χ1) is 6.83. The number of terminal acetylenes is 1. The molecule has 0 unspecified atom stereocenters. The van der Waals surface area contributed by atoms with Crippen molar-refractivity contribution in [1.29, 1.82) is 0 Å². The highest BCUT2D eigenvalue weighted by Gasteiger charge is 1.98. The van der Waals surface area contributed by atoms with Crippen molar-refractivity contribution in [1.82, 2.24) is 5.32 Å². The van der Waals surface area contributed by atoms with E-state index < -0.39 is 0 Å². The van der Waals surface area contributed by atoms with Gasteiger partial charge in [-0.3, -0.25) is 4.79 Å². The molecule has 1 aromatic carbocycles. The average Bonchev–Trinajstić information content (AvgIpc) is 2.25. The zero-order chi connectivity index (χ0) is 10.2. The van der Waals surface area contributed by atoms with Gasteiger partial charge in [-0.1, -0.05) is 30.3 Å². The average molecular weight is 187 g/mol. The second-order valence-corrected chi connectivity index (χ2v) is 2.97. The third-order valence-electron chi connectivity index (χ3n) is 1.83. The second kappa shape index (κ2) is 5.82. The minimum atomic E-state index is 0.00630. The molecule has 0 radical (unpaired) electrons. The SMILES string of the molecule is C#CCCC(=O)NCc1ccccc1. The summed E-state index contributed by atoms with van der Waals surface area (Å²) in [6.45, 7) is 0.574. The van der Waals surface area contributed by atoms with Crippen LogP contribution in [0.25, 0.3) is 0 Å². The molecular formula is C12H13NO. The quantitative estimate of drug-likeness (QED) is 0.714. The van der Waals surface area contributed by atoms with Gasteiger partial charge in [0, 0.05) is 19.4 Å². The molecule has 1 N–H and O–H groups in total. The number of amides is 1. The van der Waals surface area contributed by atoms with E-state index in [4.69, 9.17) is 6.42 Å². The number of nitrogens with one attached hydrogen (secondary N) is 1. The van der Waals surface area contributed by atoms with Crippen LogP contribution >= 0.6 is 0 Å². The van der Waals surface area contributed by atoms with Crippen molar-refractivity contribution in [2.24, 2.45) is 0 Å². The molecule has 1 aromatic rings. The lowest BCUT2D eigenvalue weighted by Crippen LogP contribution is -2.22. The normalized spacial score (nSPS) is 9.07. The van der Waals surface area contributed by atoms with Crippen LogP contribution in [0.3, 0.4) is 0 Å². The summed E-state index contributed by atoms with van der Waals surface area (Å²) in [5, 5.41) is 2.80. The van der Waals surface area contributed by atoms with Gasteiger partial charge in [0.15, 0.2) is 0 Å². The van der Waals surface area contributed by atoms with Crippen molar-refractivity contribution in [2.45, 2.75) is 19.4 Å². The highest BCUT2D eigenvalue weighted by Crippen LogP contribution is 1.97. The topological polar surface area (TPSA) is 29.1 Å².